The van der Waals surface area contributed by atoms with E-state index in [-0.39, 0.29) is 15.9 Å². The van der Waals surface area contributed by atoms with Gasteiger partial charge in [-0.05, 0) is 13.0 Å². The number of H-pyrrole nitrogens is 1. The van der Waals surface area contributed by atoms with Crippen LogP contribution in [0.15, 0.2) is 6.07 Å². The molecule has 74 valence electrons. The van der Waals surface area contributed by atoms with Crippen LogP contribution < -0.4 is 0 Å². The first-order valence-electron chi connectivity index (χ1n) is 3.75. The van der Waals surface area contributed by atoms with E-state index in [4.69, 9.17) is 34.4 Å². The number of carbonyl (C=O) groups is 1. The first-order chi connectivity index (χ1) is 6.54. The molecule has 0 aromatic carbocycles. The van der Waals surface area contributed by atoms with Crippen molar-refractivity contribution < 1.29 is 9.53 Å². The Labute approximate surface area is 91.3 Å². The Morgan fingerprint density at radius 2 is 2.36 bits per heavy atom. The van der Waals surface area contributed by atoms with Crippen molar-refractivity contribution in [2.24, 2.45) is 0 Å². The third-order valence-corrected chi connectivity index (χ3v) is 2.16. The third-order valence-electron chi connectivity index (χ3n) is 1.46. The molecule has 0 unspecified atom stereocenters. The summed E-state index contributed by atoms with van der Waals surface area (Å²) in [5.74, 6) is 1.68. The summed E-state index contributed by atoms with van der Waals surface area (Å²) in [7, 11) is 0. The van der Waals surface area contributed by atoms with E-state index < -0.39 is 12.1 Å². The second-order valence-electron chi connectivity index (χ2n) is 2.56. The lowest BCUT2D eigenvalue weighted by Gasteiger charge is -2.04. The smallest absolute Gasteiger partial charge is 0.356 e. The molecule has 0 aliphatic heterocycles. The van der Waals surface area contributed by atoms with Crippen LogP contribution in [0.1, 0.15) is 17.4 Å². The van der Waals surface area contributed by atoms with Gasteiger partial charge in [0.15, 0.2) is 6.10 Å². The van der Waals surface area contributed by atoms with Crippen LogP contribution in [0.5, 0.6) is 0 Å². The van der Waals surface area contributed by atoms with E-state index in [0.29, 0.717) is 0 Å². The van der Waals surface area contributed by atoms with Gasteiger partial charge < -0.3 is 9.72 Å². The minimum Gasteiger partial charge on any atom is -0.445 e. The number of nitrogens with one attached hydrogen (secondary N) is 1. The molecule has 1 N–H and O–H groups in total. The molecular weight excluding hydrogens is 225 g/mol. The number of aromatic nitrogens is 1. The van der Waals surface area contributed by atoms with Gasteiger partial charge in [0.25, 0.3) is 0 Å². The lowest BCUT2D eigenvalue weighted by Crippen LogP contribution is -2.13. The predicted molar refractivity (Wildman–Crippen MR) is 54.5 cm³/mol. The molecule has 1 rings (SSSR count). The average molecular weight is 232 g/mol. The summed E-state index contributed by atoms with van der Waals surface area (Å²) in [5, 5.41) is 0.471. The minimum absolute atomic E-state index is 0.183. The van der Waals surface area contributed by atoms with Gasteiger partial charge >= 0.3 is 5.97 Å². The number of aromatic amines is 1. The molecule has 1 heterocycles. The number of halogens is 2. The number of rotatable bonds is 2. The van der Waals surface area contributed by atoms with Crippen molar-refractivity contribution >= 4 is 29.2 Å². The van der Waals surface area contributed by atoms with Crippen LogP contribution in [0, 0.1) is 12.3 Å². The fourth-order valence-electron chi connectivity index (χ4n) is 0.772. The summed E-state index contributed by atoms with van der Waals surface area (Å²) in [4.78, 5) is 13.9. The van der Waals surface area contributed by atoms with Gasteiger partial charge in [-0.1, -0.05) is 29.1 Å². The van der Waals surface area contributed by atoms with Gasteiger partial charge in [0, 0.05) is 0 Å². The Bertz CT molecular complexity index is 373. The van der Waals surface area contributed by atoms with E-state index in [0.717, 1.165) is 0 Å². The molecule has 0 spiro atoms. The number of hydrogen-bond acceptors (Lipinski definition) is 2. The highest BCUT2D eigenvalue weighted by Gasteiger charge is 2.14. The van der Waals surface area contributed by atoms with Gasteiger partial charge in [-0.15, -0.1) is 6.42 Å². The Morgan fingerprint density at radius 1 is 1.71 bits per heavy atom. The summed E-state index contributed by atoms with van der Waals surface area (Å²) in [6.45, 7) is 1.59. The zero-order valence-corrected chi connectivity index (χ0v) is 8.82. The van der Waals surface area contributed by atoms with Crippen molar-refractivity contribution in [1.29, 1.82) is 0 Å². The van der Waals surface area contributed by atoms with E-state index in [1.54, 1.807) is 6.92 Å². The number of esters is 1. The third kappa shape index (κ3) is 2.44. The van der Waals surface area contributed by atoms with Gasteiger partial charge in [0.1, 0.15) is 10.8 Å². The number of terminal acetylenes is 1. The summed E-state index contributed by atoms with van der Waals surface area (Å²) in [5.41, 5.74) is 0.183. The zero-order valence-electron chi connectivity index (χ0n) is 7.30. The monoisotopic (exact) mass is 231 g/mol. The van der Waals surface area contributed by atoms with Crippen molar-refractivity contribution in [2.45, 2.75) is 13.0 Å². The van der Waals surface area contributed by atoms with Crippen LogP contribution in [0.4, 0.5) is 0 Å². The van der Waals surface area contributed by atoms with Crippen LogP contribution in [0.3, 0.4) is 0 Å². The maximum atomic E-state index is 11.3. The molecule has 1 aromatic rings. The number of ether oxygens (including phenoxy) is 1. The summed E-state index contributed by atoms with van der Waals surface area (Å²) >= 11 is 11.2. The van der Waals surface area contributed by atoms with E-state index in [1.165, 1.54) is 6.07 Å². The molecule has 0 saturated heterocycles. The van der Waals surface area contributed by atoms with Gasteiger partial charge in [-0.25, -0.2) is 4.79 Å². The van der Waals surface area contributed by atoms with Crippen LogP contribution >= 0.6 is 23.2 Å². The zero-order chi connectivity index (χ0) is 10.7. The SMILES string of the molecule is C#C[C@H](C)OC(=O)c1cc(Cl)c(Cl)[nH]1. The Hall–Kier alpha value is -1.11. The van der Waals surface area contributed by atoms with E-state index in [1.807, 2.05) is 0 Å². The van der Waals surface area contributed by atoms with Crippen LogP contribution in [-0.2, 0) is 4.74 Å². The Morgan fingerprint density at radius 3 is 2.79 bits per heavy atom. The molecule has 0 fully saturated rings. The molecule has 1 atom stereocenters. The highest BCUT2D eigenvalue weighted by molar-refractivity contribution is 6.41. The maximum absolute atomic E-state index is 11.3. The second kappa shape index (κ2) is 4.41. The van der Waals surface area contributed by atoms with E-state index >= 15 is 0 Å². The molecular formula is C9H7Cl2NO2. The summed E-state index contributed by atoms with van der Waals surface area (Å²) in [6.07, 6.45) is 4.46. The molecule has 0 saturated carbocycles. The highest BCUT2D eigenvalue weighted by atomic mass is 35.5. The van der Waals surface area contributed by atoms with Gasteiger partial charge in [0.2, 0.25) is 0 Å². The Kier molecular flexibility index (Phi) is 3.45. The van der Waals surface area contributed by atoms with Crippen molar-refractivity contribution in [3.63, 3.8) is 0 Å². The number of carbonyl (C=O) groups excluding carboxylic acids is 1. The van der Waals surface area contributed by atoms with Crippen molar-refractivity contribution in [2.75, 3.05) is 0 Å². The lowest BCUT2D eigenvalue weighted by molar-refractivity contribution is 0.0432. The first-order valence-corrected chi connectivity index (χ1v) is 4.51. The minimum atomic E-state index is -0.580. The second-order valence-corrected chi connectivity index (χ2v) is 3.34. The summed E-state index contributed by atoms with van der Waals surface area (Å²) in [6, 6.07) is 1.38. The molecule has 1 aromatic heterocycles. The van der Waals surface area contributed by atoms with Gasteiger partial charge in [-0.2, -0.15) is 0 Å². The van der Waals surface area contributed by atoms with Gasteiger partial charge in [-0.3, -0.25) is 0 Å². The van der Waals surface area contributed by atoms with Crippen molar-refractivity contribution in [3.8, 4) is 12.3 Å². The molecule has 14 heavy (non-hydrogen) atoms. The molecule has 0 amide bonds. The average Bonchev–Trinajstić information content (AvgIpc) is 2.47. The fourth-order valence-corrected chi connectivity index (χ4v) is 1.08. The highest BCUT2D eigenvalue weighted by Crippen LogP contribution is 2.22. The van der Waals surface area contributed by atoms with Crippen molar-refractivity contribution in [3.05, 3.63) is 21.9 Å². The maximum Gasteiger partial charge on any atom is 0.356 e. The normalized spacial score (nSPS) is 11.9. The quantitative estimate of drug-likeness (QED) is 0.628. The fraction of sp³-hybridized carbons (Fsp3) is 0.222. The largest absolute Gasteiger partial charge is 0.445 e. The standard InChI is InChI=1S/C9H7Cl2NO2/c1-3-5(2)14-9(13)7-4-6(10)8(11)12-7/h1,4-5,12H,2H3/t5-/m0/s1. The summed E-state index contributed by atoms with van der Waals surface area (Å²) < 4.78 is 4.83. The van der Waals surface area contributed by atoms with E-state index in [2.05, 4.69) is 10.9 Å². The number of hydrogen-bond donors (Lipinski definition) is 1. The van der Waals surface area contributed by atoms with Gasteiger partial charge in [0.05, 0.1) is 5.02 Å². The predicted octanol–water partition coefficient (Wildman–Crippen LogP) is 2.50. The van der Waals surface area contributed by atoms with Crippen molar-refractivity contribution in [1.82, 2.24) is 4.98 Å². The molecule has 0 radical (unpaired) electrons. The Balaban J connectivity index is 2.76. The molecule has 3 nitrogen and oxygen atoms in total. The van der Waals surface area contributed by atoms with Crippen LogP contribution in [0.25, 0.3) is 0 Å². The lowest BCUT2D eigenvalue weighted by atomic mass is 10.4. The van der Waals surface area contributed by atoms with E-state index in [9.17, 15) is 4.79 Å². The molecule has 5 heteroatoms. The first kappa shape index (κ1) is 11.0. The van der Waals surface area contributed by atoms with Crippen LogP contribution in [0.2, 0.25) is 10.2 Å². The topological polar surface area (TPSA) is 42.1 Å². The molecule has 0 bridgehead atoms. The molecule has 0 aliphatic rings. The molecule has 0 aliphatic carbocycles. The van der Waals surface area contributed by atoms with Crippen LogP contribution in [-0.4, -0.2) is 17.1 Å².